The molecule has 3 aromatic rings. The van der Waals surface area contributed by atoms with Crippen LogP contribution in [0.1, 0.15) is 33.9 Å². The van der Waals surface area contributed by atoms with Crippen LogP contribution >= 0.6 is 11.3 Å². The molecule has 3 heterocycles. The van der Waals surface area contributed by atoms with Gasteiger partial charge >= 0.3 is 0 Å². The SMILES string of the molecule is O=C(CC(c1ccccc1)c1ccccc1)N1CC(N2CCc3sccc3C2)C1. The van der Waals surface area contributed by atoms with Crippen molar-refractivity contribution in [2.24, 2.45) is 0 Å². The van der Waals surface area contributed by atoms with Gasteiger partial charge in [-0.15, -0.1) is 11.3 Å². The van der Waals surface area contributed by atoms with Gasteiger partial charge in [0.05, 0.1) is 0 Å². The quantitative estimate of drug-likeness (QED) is 0.626. The van der Waals surface area contributed by atoms with E-state index in [0.717, 1.165) is 32.6 Å². The molecule has 29 heavy (non-hydrogen) atoms. The summed E-state index contributed by atoms with van der Waals surface area (Å²) in [6.45, 7) is 3.91. The van der Waals surface area contributed by atoms with Gasteiger partial charge < -0.3 is 4.90 Å². The minimum absolute atomic E-state index is 0.118. The van der Waals surface area contributed by atoms with E-state index in [0.29, 0.717) is 12.5 Å². The van der Waals surface area contributed by atoms with Crippen molar-refractivity contribution in [1.82, 2.24) is 9.80 Å². The first kappa shape index (κ1) is 18.6. The molecule has 3 nitrogen and oxygen atoms in total. The average Bonchev–Trinajstić information content (AvgIpc) is 3.20. The Morgan fingerprint density at radius 1 is 0.966 bits per heavy atom. The number of benzene rings is 2. The lowest BCUT2D eigenvalue weighted by atomic mass is 9.87. The highest BCUT2D eigenvalue weighted by Crippen LogP contribution is 2.31. The van der Waals surface area contributed by atoms with Crippen LogP contribution in [-0.4, -0.2) is 41.4 Å². The lowest BCUT2D eigenvalue weighted by Gasteiger charge is -2.47. The van der Waals surface area contributed by atoms with E-state index >= 15 is 0 Å². The van der Waals surface area contributed by atoms with E-state index in [9.17, 15) is 4.79 Å². The fraction of sp³-hybridized carbons (Fsp3) is 0.320. The molecule has 0 radical (unpaired) electrons. The van der Waals surface area contributed by atoms with Gasteiger partial charge in [-0.05, 0) is 34.6 Å². The first-order chi connectivity index (χ1) is 14.3. The van der Waals surface area contributed by atoms with E-state index < -0.39 is 0 Å². The number of rotatable bonds is 5. The van der Waals surface area contributed by atoms with Crippen LogP contribution in [0.4, 0.5) is 0 Å². The molecule has 4 heteroatoms. The fourth-order valence-electron chi connectivity index (χ4n) is 4.57. The van der Waals surface area contributed by atoms with Crippen molar-refractivity contribution in [3.8, 4) is 0 Å². The third-order valence-corrected chi connectivity index (χ3v) is 7.37. The van der Waals surface area contributed by atoms with Crippen molar-refractivity contribution >= 4 is 17.2 Å². The third kappa shape index (κ3) is 3.87. The Kier molecular flexibility index (Phi) is 5.21. The van der Waals surface area contributed by atoms with Crippen molar-refractivity contribution in [2.45, 2.75) is 31.3 Å². The van der Waals surface area contributed by atoms with Crippen LogP contribution in [0.25, 0.3) is 0 Å². The van der Waals surface area contributed by atoms with Crippen LogP contribution in [0.3, 0.4) is 0 Å². The van der Waals surface area contributed by atoms with Crippen molar-refractivity contribution in [1.29, 1.82) is 0 Å². The van der Waals surface area contributed by atoms with Crippen molar-refractivity contribution in [3.63, 3.8) is 0 Å². The molecule has 2 aliphatic rings. The van der Waals surface area contributed by atoms with Crippen LogP contribution in [0.5, 0.6) is 0 Å². The number of carbonyl (C=O) groups is 1. The summed E-state index contributed by atoms with van der Waals surface area (Å²) >= 11 is 1.88. The van der Waals surface area contributed by atoms with Crippen LogP contribution < -0.4 is 0 Å². The molecule has 148 valence electrons. The number of nitrogens with zero attached hydrogens (tertiary/aromatic N) is 2. The highest BCUT2D eigenvalue weighted by Gasteiger charge is 2.36. The maximum absolute atomic E-state index is 13.1. The standard InChI is InChI=1S/C25H26N2OS/c28-25(15-23(19-7-3-1-4-8-19)20-9-5-2-6-10-20)27-17-22(18-27)26-13-11-24-21(16-26)12-14-29-24/h1-10,12,14,22-23H,11,13,15-18H2. The summed E-state index contributed by atoms with van der Waals surface area (Å²) in [6.07, 6.45) is 1.69. The van der Waals surface area contributed by atoms with Gasteiger partial charge in [0.15, 0.2) is 0 Å². The highest BCUT2D eigenvalue weighted by atomic mass is 32.1. The zero-order chi connectivity index (χ0) is 19.6. The largest absolute Gasteiger partial charge is 0.339 e. The summed E-state index contributed by atoms with van der Waals surface area (Å²) in [6, 6.07) is 23.6. The Bertz CT molecular complexity index is 923. The molecule has 5 rings (SSSR count). The van der Waals surface area contributed by atoms with Gasteiger partial charge in [0.1, 0.15) is 0 Å². The lowest BCUT2D eigenvalue weighted by molar-refractivity contribution is -0.139. The zero-order valence-corrected chi connectivity index (χ0v) is 17.4. The number of amides is 1. The second kappa shape index (κ2) is 8.13. The third-order valence-electron chi connectivity index (χ3n) is 6.35. The topological polar surface area (TPSA) is 23.6 Å². The number of hydrogen-bond acceptors (Lipinski definition) is 3. The molecular formula is C25H26N2OS. The van der Waals surface area contributed by atoms with Gasteiger partial charge in [0.25, 0.3) is 0 Å². The van der Waals surface area contributed by atoms with E-state index in [-0.39, 0.29) is 11.8 Å². The number of likely N-dealkylation sites (tertiary alicyclic amines) is 1. The summed E-state index contributed by atoms with van der Waals surface area (Å²) < 4.78 is 0. The van der Waals surface area contributed by atoms with Crippen molar-refractivity contribution < 1.29 is 4.79 Å². The van der Waals surface area contributed by atoms with Gasteiger partial charge in [-0.3, -0.25) is 9.69 Å². The number of fused-ring (bicyclic) bond motifs is 1. The zero-order valence-electron chi connectivity index (χ0n) is 16.5. The maximum Gasteiger partial charge on any atom is 0.223 e. The molecule has 1 amide bonds. The van der Waals surface area contributed by atoms with E-state index in [1.807, 2.05) is 28.4 Å². The average molecular weight is 403 g/mol. The smallest absolute Gasteiger partial charge is 0.223 e. The maximum atomic E-state index is 13.1. The first-order valence-electron chi connectivity index (χ1n) is 10.4. The van der Waals surface area contributed by atoms with Crippen molar-refractivity contribution in [3.05, 3.63) is 93.7 Å². The Morgan fingerprint density at radius 3 is 2.28 bits per heavy atom. The molecule has 1 fully saturated rings. The molecule has 0 atom stereocenters. The van der Waals surface area contributed by atoms with Crippen molar-refractivity contribution in [2.75, 3.05) is 19.6 Å². The molecule has 1 aromatic heterocycles. The molecule has 0 unspecified atom stereocenters. The minimum Gasteiger partial charge on any atom is -0.339 e. The molecule has 0 aliphatic carbocycles. The first-order valence-corrected chi connectivity index (χ1v) is 11.3. The summed E-state index contributed by atoms with van der Waals surface area (Å²) in [5, 5.41) is 2.21. The van der Waals surface area contributed by atoms with Crippen LogP contribution in [0.2, 0.25) is 0 Å². The van der Waals surface area contributed by atoms with E-state index in [1.54, 1.807) is 4.88 Å². The predicted molar refractivity (Wildman–Crippen MR) is 118 cm³/mol. The molecule has 1 saturated heterocycles. The fourth-order valence-corrected chi connectivity index (χ4v) is 5.46. The van der Waals surface area contributed by atoms with Gasteiger partial charge in [0.2, 0.25) is 5.91 Å². The van der Waals surface area contributed by atoms with E-state index in [1.165, 1.54) is 16.7 Å². The molecule has 0 saturated carbocycles. The second-order valence-corrected chi connectivity index (χ2v) is 9.12. The Balaban J connectivity index is 1.23. The van der Waals surface area contributed by atoms with E-state index in [4.69, 9.17) is 0 Å². The normalized spacial score (nSPS) is 17.2. The number of carbonyl (C=O) groups excluding carboxylic acids is 1. The molecule has 0 bridgehead atoms. The summed E-state index contributed by atoms with van der Waals surface area (Å²) in [5.74, 6) is 0.388. The molecule has 0 N–H and O–H groups in total. The highest BCUT2D eigenvalue weighted by molar-refractivity contribution is 7.10. The summed E-state index contributed by atoms with van der Waals surface area (Å²) in [5.41, 5.74) is 3.91. The van der Waals surface area contributed by atoms with Crippen LogP contribution in [0.15, 0.2) is 72.1 Å². The molecule has 0 spiro atoms. The second-order valence-electron chi connectivity index (χ2n) is 8.12. The van der Waals surface area contributed by atoms with Crippen LogP contribution in [-0.2, 0) is 17.8 Å². The van der Waals surface area contributed by atoms with Gasteiger partial charge in [0, 0.05) is 49.4 Å². The number of hydrogen-bond donors (Lipinski definition) is 0. The molecular weight excluding hydrogens is 376 g/mol. The van der Waals surface area contributed by atoms with Gasteiger partial charge in [-0.2, -0.15) is 0 Å². The van der Waals surface area contributed by atoms with Gasteiger partial charge in [-0.25, -0.2) is 0 Å². The Labute approximate surface area is 176 Å². The van der Waals surface area contributed by atoms with Gasteiger partial charge in [-0.1, -0.05) is 60.7 Å². The Hall–Kier alpha value is -2.43. The predicted octanol–water partition coefficient (Wildman–Crippen LogP) is 4.54. The van der Waals surface area contributed by atoms with E-state index in [2.05, 4.69) is 64.9 Å². The molecule has 2 aliphatic heterocycles. The Morgan fingerprint density at radius 2 is 1.62 bits per heavy atom. The monoisotopic (exact) mass is 402 g/mol. The molecule has 2 aromatic carbocycles. The number of thiophene rings is 1. The summed E-state index contributed by atoms with van der Waals surface area (Å²) in [4.78, 5) is 19.2. The van der Waals surface area contributed by atoms with Crippen LogP contribution in [0, 0.1) is 0 Å². The summed E-state index contributed by atoms with van der Waals surface area (Å²) in [7, 11) is 0. The minimum atomic E-state index is 0.118. The lowest BCUT2D eigenvalue weighted by Crippen LogP contribution is -2.61.